The summed E-state index contributed by atoms with van der Waals surface area (Å²) in [7, 11) is 0. The number of hydrogen-bond acceptors (Lipinski definition) is 3. The van der Waals surface area contributed by atoms with E-state index in [-0.39, 0.29) is 17.6 Å². The van der Waals surface area contributed by atoms with Crippen LogP contribution in [0.15, 0.2) is 28.1 Å². The quantitative estimate of drug-likeness (QED) is 0.758. The molecule has 4 nitrogen and oxygen atoms in total. The first-order valence-corrected chi connectivity index (χ1v) is 7.45. The molecule has 108 valence electrons. The van der Waals surface area contributed by atoms with Crippen molar-refractivity contribution in [2.75, 3.05) is 0 Å². The van der Waals surface area contributed by atoms with Gasteiger partial charge in [-0.2, -0.15) is 0 Å². The number of aromatic nitrogens is 2. The Balaban J connectivity index is 2.33. The molecule has 2 aromatic heterocycles. The van der Waals surface area contributed by atoms with E-state index in [9.17, 15) is 13.6 Å². The van der Waals surface area contributed by atoms with Gasteiger partial charge in [0, 0.05) is 16.6 Å². The topological polar surface area (TPSA) is 55.1 Å². The highest BCUT2D eigenvalue weighted by Crippen LogP contribution is 2.35. The monoisotopic (exact) mass is 372 g/mol. The molecular weight excluding hydrogens is 366 g/mol. The van der Waals surface area contributed by atoms with Crippen LogP contribution in [0.3, 0.4) is 0 Å². The number of halogens is 3. The zero-order valence-corrected chi connectivity index (χ0v) is 12.7. The Morgan fingerprint density at radius 2 is 2.10 bits per heavy atom. The number of hydrogen-bond donors (Lipinski definition) is 1. The lowest BCUT2D eigenvalue weighted by Gasteiger charge is -2.05. The molecule has 8 heteroatoms. The fourth-order valence-corrected chi connectivity index (χ4v) is 3.59. The molecule has 2 heterocycles. The summed E-state index contributed by atoms with van der Waals surface area (Å²) in [6.07, 6.45) is 0. The van der Waals surface area contributed by atoms with Crippen molar-refractivity contribution < 1.29 is 18.7 Å². The predicted molar refractivity (Wildman–Crippen MR) is 78.3 cm³/mol. The Hall–Kier alpha value is -1.80. The number of aliphatic carboxylic acids is 1. The average molecular weight is 373 g/mol. The minimum Gasteiger partial charge on any atom is -0.480 e. The number of benzene rings is 1. The molecule has 0 atom stereocenters. The number of fused-ring (bicyclic) bond motifs is 1. The Morgan fingerprint density at radius 3 is 2.71 bits per heavy atom. The lowest BCUT2D eigenvalue weighted by molar-refractivity contribution is -0.137. The number of rotatable bonds is 3. The highest BCUT2D eigenvalue weighted by atomic mass is 79.9. The molecule has 1 N–H and O–H groups in total. The van der Waals surface area contributed by atoms with Crippen LogP contribution in [-0.2, 0) is 11.3 Å². The van der Waals surface area contributed by atoms with Gasteiger partial charge in [-0.05, 0) is 27.4 Å². The summed E-state index contributed by atoms with van der Waals surface area (Å²) < 4.78 is 28.9. The summed E-state index contributed by atoms with van der Waals surface area (Å²) >= 11 is 4.71. The van der Waals surface area contributed by atoms with Gasteiger partial charge in [-0.15, -0.1) is 11.3 Å². The lowest BCUT2D eigenvalue weighted by Crippen LogP contribution is -2.10. The van der Waals surface area contributed by atoms with Crippen LogP contribution in [0.1, 0.15) is 0 Å². The van der Waals surface area contributed by atoms with E-state index in [4.69, 9.17) is 5.11 Å². The minimum absolute atomic E-state index is 0.213. The third kappa shape index (κ3) is 2.44. The average Bonchev–Trinajstić information content (AvgIpc) is 2.95. The van der Waals surface area contributed by atoms with Gasteiger partial charge in [0.1, 0.15) is 6.54 Å². The highest BCUT2D eigenvalue weighted by Gasteiger charge is 2.19. The molecule has 0 amide bonds. The number of carboxylic acids is 1. The van der Waals surface area contributed by atoms with Gasteiger partial charge in [0.25, 0.3) is 0 Å². The normalized spacial score (nSPS) is 11.2. The van der Waals surface area contributed by atoms with E-state index in [0.717, 1.165) is 16.6 Å². The molecule has 0 aliphatic rings. The van der Waals surface area contributed by atoms with Crippen molar-refractivity contribution in [3.8, 4) is 10.7 Å². The Bertz CT molecular complexity index is 859. The maximum absolute atomic E-state index is 13.4. The van der Waals surface area contributed by atoms with Crippen molar-refractivity contribution in [2.24, 2.45) is 0 Å². The van der Waals surface area contributed by atoms with Crippen molar-refractivity contribution in [2.45, 2.75) is 6.54 Å². The first kappa shape index (κ1) is 14.2. The van der Waals surface area contributed by atoms with E-state index in [2.05, 4.69) is 20.9 Å². The molecule has 0 aliphatic carbocycles. The van der Waals surface area contributed by atoms with Crippen molar-refractivity contribution in [1.82, 2.24) is 9.55 Å². The SMILES string of the molecule is O=C(O)Cn1c(-c2sccc2Br)nc2cc(F)c(F)cc21. The van der Waals surface area contributed by atoms with E-state index >= 15 is 0 Å². The molecule has 3 aromatic rings. The maximum atomic E-state index is 13.4. The third-order valence-corrected chi connectivity index (χ3v) is 4.74. The summed E-state index contributed by atoms with van der Waals surface area (Å²) in [6, 6.07) is 3.73. The second kappa shape index (κ2) is 5.19. The van der Waals surface area contributed by atoms with E-state index < -0.39 is 17.6 Å². The molecule has 0 saturated heterocycles. The summed E-state index contributed by atoms with van der Waals surface area (Å²) in [6.45, 7) is -0.388. The molecule has 3 rings (SSSR count). The second-order valence-electron chi connectivity index (χ2n) is 4.27. The minimum atomic E-state index is -1.09. The van der Waals surface area contributed by atoms with Gasteiger partial charge in [-0.1, -0.05) is 0 Å². The highest BCUT2D eigenvalue weighted by molar-refractivity contribution is 9.10. The van der Waals surface area contributed by atoms with Gasteiger partial charge in [0.05, 0.1) is 15.9 Å². The van der Waals surface area contributed by atoms with Crippen LogP contribution >= 0.6 is 27.3 Å². The molecule has 0 fully saturated rings. The van der Waals surface area contributed by atoms with Gasteiger partial charge < -0.3 is 9.67 Å². The van der Waals surface area contributed by atoms with Crippen LogP contribution in [0.2, 0.25) is 0 Å². The van der Waals surface area contributed by atoms with Crippen molar-refractivity contribution in [3.05, 3.63) is 39.7 Å². The summed E-state index contributed by atoms with van der Waals surface area (Å²) in [5, 5.41) is 10.8. The van der Waals surface area contributed by atoms with Crippen molar-refractivity contribution >= 4 is 44.3 Å². The van der Waals surface area contributed by atoms with Gasteiger partial charge >= 0.3 is 5.97 Å². The standard InChI is InChI=1S/C13H7BrF2N2O2S/c14-6-1-2-21-12(6)13-17-9-3-7(15)8(16)4-10(9)18(13)5-11(19)20/h1-4H,5H2,(H,19,20). The molecule has 0 saturated carbocycles. The van der Waals surface area contributed by atoms with Gasteiger partial charge in [0.2, 0.25) is 0 Å². The maximum Gasteiger partial charge on any atom is 0.323 e. The van der Waals surface area contributed by atoms with E-state index in [1.807, 2.05) is 5.38 Å². The van der Waals surface area contributed by atoms with Crippen LogP contribution < -0.4 is 0 Å². The summed E-state index contributed by atoms with van der Waals surface area (Å²) in [5.41, 5.74) is 0.456. The van der Waals surface area contributed by atoms with Gasteiger partial charge in [-0.25, -0.2) is 13.8 Å². The van der Waals surface area contributed by atoms with E-state index in [0.29, 0.717) is 10.7 Å². The predicted octanol–water partition coefficient (Wildman–Crippen LogP) is 3.89. The Morgan fingerprint density at radius 1 is 1.38 bits per heavy atom. The zero-order valence-electron chi connectivity index (χ0n) is 10.3. The molecule has 1 aromatic carbocycles. The van der Waals surface area contributed by atoms with E-state index in [1.54, 1.807) is 6.07 Å². The number of carboxylic acid groups (broad SMARTS) is 1. The fraction of sp³-hybridized carbons (Fsp3) is 0.0769. The van der Waals surface area contributed by atoms with Crippen molar-refractivity contribution in [1.29, 1.82) is 0 Å². The van der Waals surface area contributed by atoms with Crippen molar-refractivity contribution in [3.63, 3.8) is 0 Å². The summed E-state index contributed by atoms with van der Waals surface area (Å²) in [4.78, 5) is 16.0. The van der Waals surface area contributed by atoms with Gasteiger partial charge in [-0.3, -0.25) is 4.79 Å². The zero-order chi connectivity index (χ0) is 15.1. The number of imidazole rings is 1. The first-order valence-electron chi connectivity index (χ1n) is 5.78. The van der Waals surface area contributed by atoms with Crippen LogP contribution in [0.25, 0.3) is 21.7 Å². The van der Waals surface area contributed by atoms with Crippen LogP contribution in [0, 0.1) is 11.6 Å². The lowest BCUT2D eigenvalue weighted by atomic mass is 10.3. The number of carbonyl (C=O) groups is 1. The number of thiophene rings is 1. The molecular formula is C13H7BrF2N2O2S. The largest absolute Gasteiger partial charge is 0.480 e. The van der Waals surface area contributed by atoms with Crippen LogP contribution in [0.4, 0.5) is 8.78 Å². The third-order valence-electron chi connectivity index (χ3n) is 2.90. The second-order valence-corrected chi connectivity index (χ2v) is 6.04. The molecule has 0 unspecified atom stereocenters. The molecule has 21 heavy (non-hydrogen) atoms. The first-order chi connectivity index (χ1) is 9.97. The van der Waals surface area contributed by atoms with Gasteiger partial charge in [0.15, 0.2) is 17.5 Å². The fourth-order valence-electron chi connectivity index (χ4n) is 2.04. The van der Waals surface area contributed by atoms with E-state index in [1.165, 1.54) is 15.9 Å². The molecule has 0 aliphatic heterocycles. The smallest absolute Gasteiger partial charge is 0.323 e. The number of nitrogens with zero attached hydrogens (tertiary/aromatic N) is 2. The Labute approximate surface area is 129 Å². The van der Waals surface area contributed by atoms with Crippen LogP contribution in [-0.4, -0.2) is 20.6 Å². The molecule has 0 spiro atoms. The molecule has 0 bridgehead atoms. The Kier molecular flexibility index (Phi) is 3.50. The molecule has 0 radical (unpaired) electrons. The summed E-state index contributed by atoms with van der Waals surface area (Å²) in [5.74, 6) is -2.78. The van der Waals surface area contributed by atoms with Crippen LogP contribution in [0.5, 0.6) is 0 Å².